The Morgan fingerprint density at radius 1 is 1.00 bits per heavy atom. The van der Waals surface area contributed by atoms with Gasteiger partial charge in [-0.1, -0.05) is 35.3 Å². The van der Waals surface area contributed by atoms with Crippen molar-refractivity contribution in [1.29, 1.82) is 0 Å². The Kier molecular flexibility index (Phi) is 5.55. The fourth-order valence-corrected chi connectivity index (χ4v) is 2.82. The van der Waals surface area contributed by atoms with Crippen molar-refractivity contribution in [3.8, 4) is 0 Å². The van der Waals surface area contributed by atoms with Gasteiger partial charge in [0.25, 0.3) is 0 Å². The molecule has 0 aliphatic rings. The van der Waals surface area contributed by atoms with E-state index in [2.05, 4.69) is 36.5 Å². The van der Waals surface area contributed by atoms with E-state index in [4.69, 9.17) is 23.2 Å². The second kappa shape index (κ2) is 7.86. The average molecular weight is 455 g/mol. The summed E-state index contributed by atoms with van der Waals surface area (Å²) in [5, 5.41) is 18.1. The molecule has 0 atom stereocenters. The van der Waals surface area contributed by atoms with Crippen LogP contribution in [0.5, 0.6) is 0 Å². The van der Waals surface area contributed by atoms with Crippen molar-refractivity contribution in [2.24, 2.45) is 0 Å². The number of para-hydroxylation sites is 1. The minimum absolute atomic E-state index is 0.0259. The average Bonchev–Trinajstić information content (AvgIpc) is 2.60. The number of aromatic nitrogens is 2. The van der Waals surface area contributed by atoms with Crippen LogP contribution in [0.1, 0.15) is 0 Å². The lowest BCUT2D eigenvalue weighted by atomic mass is 10.3. The SMILES string of the molecule is O=[N+]([O-])c1c(Nc2ccc(Cl)c(Cl)c2)ncnc1Nc1ccccc1Br. The predicted octanol–water partition coefficient (Wildman–Crippen LogP) is 5.94. The summed E-state index contributed by atoms with van der Waals surface area (Å²) in [6.07, 6.45) is 1.23. The number of nitrogens with one attached hydrogen (secondary N) is 2. The molecule has 1 aromatic heterocycles. The van der Waals surface area contributed by atoms with Gasteiger partial charge in [-0.25, -0.2) is 9.97 Å². The van der Waals surface area contributed by atoms with Gasteiger partial charge in [-0.15, -0.1) is 0 Å². The normalized spacial score (nSPS) is 10.4. The molecule has 0 amide bonds. The largest absolute Gasteiger partial charge is 0.353 e. The van der Waals surface area contributed by atoms with E-state index in [1.807, 2.05) is 12.1 Å². The zero-order valence-electron chi connectivity index (χ0n) is 12.9. The van der Waals surface area contributed by atoms with Gasteiger partial charge in [0.1, 0.15) is 6.33 Å². The van der Waals surface area contributed by atoms with Crippen LogP contribution in [0.2, 0.25) is 10.0 Å². The minimum Gasteiger partial charge on any atom is -0.334 e. The smallest absolute Gasteiger partial charge is 0.334 e. The molecule has 0 fully saturated rings. The number of rotatable bonds is 5. The van der Waals surface area contributed by atoms with Gasteiger partial charge < -0.3 is 10.6 Å². The van der Waals surface area contributed by atoms with E-state index in [1.165, 1.54) is 6.33 Å². The maximum Gasteiger partial charge on any atom is 0.353 e. The van der Waals surface area contributed by atoms with Gasteiger partial charge in [0, 0.05) is 10.2 Å². The lowest BCUT2D eigenvalue weighted by Gasteiger charge is -2.11. The molecule has 3 aromatic rings. The molecular weight excluding hydrogens is 445 g/mol. The molecule has 0 unspecified atom stereocenters. The molecule has 26 heavy (non-hydrogen) atoms. The highest BCUT2D eigenvalue weighted by Gasteiger charge is 2.24. The number of benzene rings is 2. The minimum atomic E-state index is -0.557. The second-order valence-electron chi connectivity index (χ2n) is 5.04. The molecule has 0 spiro atoms. The van der Waals surface area contributed by atoms with Crippen LogP contribution in [0.25, 0.3) is 0 Å². The van der Waals surface area contributed by atoms with Crippen molar-refractivity contribution in [2.75, 3.05) is 10.6 Å². The van der Waals surface area contributed by atoms with Crippen molar-refractivity contribution in [1.82, 2.24) is 9.97 Å². The van der Waals surface area contributed by atoms with Gasteiger partial charge in [-0.2, -0.15) is 0 Å². The topological polar surface area (TPSA) is 93.0 Å². The van der Waals surface area contributed by atoms with Gasteiger partial charge in [0.15, 0.2) is 0 Å². The summed E-state index contributed by atoms with van der Waals surface area (Å²) in [6, 6.07) is 12.0. The van der Waals surface area contributed by atoms with Crippen molar-refractivity contribution in [3.63, 3.8) is 0 Å². The van der Waals surface area contributed by atoms with Crippen LogP contribution in [0, 0.1) is 10.1 Å². The highest BCUT2D eigenvalue weighted by molar-refractivity contribution is 9.10. The Balaban J connectivity index is 1.99. The number of halogens is 3. The maximum absolute atomic E-state index is 11.6. The van der Waals surface area contributed by atoms with Crippen LogP contribution >= 0.6 is 39.1 Å². The first-order valence-electron chi connectivity index (χ1n) is 7.18. The lowest BCUT2D eigenvalue weighted by Crippen LogP contribution is -2.05. The first-order valence-corrected chi connectivity index (χ1v) is 8.73. The first kappa shape index (κ1) is 18.4. The molecule has 0 saturated carbocycles. The zero-order valence-corrected chi connectivity index (χ0v) is 16.0. The third-order valence-corrected chi connectivity index (χ3v) is 4.74. The van der Waals surface area contributed by atoms with Crippen molar-refractivity contribution >= 4 is 67.8 Å². The number of hydrogen-bond acceptors (Lipinski definition) is 6. The Morgan fingerprint density at radius 2 is 1.69 bits per heavy atom. The van der Waals surface area contributed by atoms with E-state index >= 15 is 0 Å². The third-order valence-electron chi connectivity index (χ3n) is 3.31. The van der Waals surface area contributed by atoms with Gasteiger partial charge in [0.2, 0.25) is 11.6 Å². The summed E-state index contributed by atoms with van der Waals surface area (Å²) in [5.74, 6) is 0.0809. The number of hydrogen-bond donors (Lipinski definition) is 2. The number of nitrogens with zero attached hydrogens (tertiary/aromatic N) is 3. The molecule has 0 saturated heterocycles. The summed E-state index contributed by atoms with van der Waals surface area (Å²) < 4.78 is 0.743. The monoisotopic (exact) mass is 453 g/mol. The Bertz CT molecular complexity index is 987. The quantitative estimate of drug-likeness (QED) is 0.366. The summed E-state index contributed by atoms with van der Waals surface area (Å²) in [5.41, 5.74) is 0.845. The fraction of sp³-hybridized carbons (Fsp3) is 0. The van der Waals surface area contributed by atoms with Crippen LogP contribution < -0.4 is 10.6 Å². The van der Waals surface area contributed by atoms with Crippen LogP contribution in [-0.2, 0) is 0 Å². The molecule has 0 aliphatic carbocycles. The van der Waals surface area contributed by atoms with Gasteiger partial charge in [-0.3, -0.25) is 10.1 Å². The highest BCUT2D eigenvalue weighted by atomic mass is 79.9. The van der Waals surface area contributed by atoms with Crippen LogP contribution in [-0.4, -0.2) is 14.9 Å². The fourth-order valence-electron chi connectivity index (χ4n) is 2.14. The molecule has 0 aliphatic heterocycles. The van der Waals surface area contributed by atoms with E-state index in [0.29, 0.717) is 21.4 Å². The Labute approximate surface area is 166 Å². The summed E-state index contributed by atoms with van der Waals surface area (Å²) >= 11 is 15.3. The van der Waals surface area contributed by atoms with Crippen LogP contribution in [0.15, 0.2) is 53.3 Å². The molecule has 10 heteroatoms. The zero-order chi connectivity index (χ0) is 18.7. The first-order chi connectivity index (χ1) is 12.5. The van der Waals surface area contributed by atoms with Crippen molar-refractivity contribution < 1.29 is 4.92 Å². The molecule has 0 bridgehead atoms. The Hall–Kier alpha value is -2.42. The van der Waals surface area contributed by atoms with E-state index < -0.39 is 4.92 Å². The molecular formula is C16H10BrCl2N5O2. The molecule has 1 heterocycles. The highest BCUT2D eigenvalue weighted by Crippen LogP contribution is 2.35. The molecule has 7 nitrogen and oxygen atoms in total. The lowest BCUT2D eigenvalue weighted by molar-refractivity contribution is -0.383. The standard InChI is InChI=1S/C16H10BrCl2N5O2/c17-10-3-1-2-4-13(10)23-16-14(24(25)26)15(20-8-21-16)22-9-5-6-11(18)12(19)7-9/h1-8H,(H2,20,21,22,23). The van der Waals surface area contributed by atoms with Crippen molar-refractivity contribution in [2.45, 2.75) is 0 Å². The van der Waals surface area contributed by atoms with E-state index in [9.17, 15) is 10.1 Å². The molecule has 2 aromatic carbocycles. The van der Waals surface area contributed by atoms with Gasteiger partial charge in [0.05, 0.1) is 20.7 Å². The third kappa shape index (κ3) is 4.04. The second-order valence-corrected chi connectivity index (χ2v) is 6.70. The molecule has 0 radical (unpaired) electrons. The van der Waals surface area contributed by atoms with E-state index in [0.717, 1.165) is 4.47 Å². The molecule has 3 rings (SSSR count). The van der Waals surface area contributed by atoms with Gasteiger partial charge >= 0.3 is 5.69 Å². The predicted molar refractivity (Wildman–Crippen MR) is 106 cm³/mol. The molecule has 132 valence electrons. The van der Waals surface area contributed by atoms with E-state index in [1.54, 1.807) is 30.3 Å². The number of nitro groups is 1. The number of anilines is 4. The summed E-state index contributed by atoms with van der Waals surface area (Å²) in [4.78, 5) is 19.0. The Morgan fingerprint density at radius 3 is 2.35 bits per heavy atom. The maximum atomic E-state index is 11.6. The van der Waals surface area contributed by atoms with Crippen LogP contribution in [0.4, 0.5) is 28.7 Å². The molecule has 2 N–H and O–H groups in total. The summed E-state index contributed by atoms with van der Waals surface area (Å²) in [6.45, 7) is 0. The van der Waals surface area contributed by atoms with Crippen LogP contribution in [0.3, 0.4) is 0 Å². The van der Waals surface area contributed by atoms with Gasteiger partial charge in [-0.05, 0) is 46.3 Å². The van der Waals surface area contributed by atoms with Crippen molar-refractivity contribution in [3.05, 3.63) is 73.4 Å². The van der Waals surface area contributed by atoms with E-state index in [-0.39, 0.29) is 17.3 Å². The summed E-state index contributed by atoms with van der Waals surface area (Å²) in [7, 11) is 0.